The van der Waals surface area contributed by atoms with Crippen molar-refractivity contribution >= 4 is 11.6 Å². The van der Waals surface area contributed by atoms with E-state index >= 15 is 0 Å². The summed E-state index contributed by atoms with van der Waals surface area (Å²) in [6.07, 6.45) is 4.37. The van der Waals surface area contributed by atoms with E-state index in [1.807, 2.05) is 12.1 Å². The molecule has 124 valence electrons. The van der Waals surface area contributed by atoms with Gasteiger partial charge in [-0.3, -0.25) is 14.9 Å². The number of aryl methyl sites for hydroxylation is 2. The van der Waals surface area contributed by atoms with Gasteiger partial charge in [0.05, 0.1) is 4.92 Å². The van der Waals surface area contributed by atoms with Gasteiger partial charge in [-0.1, -0.05) is 6.07 Å². The average Bonchev–Trinajstić information content (AvgIpc) is 2.60. The molecule has 0 aromatic heterocycles. The van der Waals surface area contributed by atoms with E-state index in [4.69, 9.17) is 0 Å². The third kappa shape index (κ3) is 3.37. The van der Waals surface area contributed by atoms with Crippen molar-refractivity contribution in [2.24, 2.45) is 0 Å². The van der Waals surface area contributed by atoms with Crippen LogP contribution in [0.2, 0.25) is 0 Å². The van der Waals surface area contributed by atoms with Crippen LogP contribution in [-0.4, -0.2) is 15.9 Å². The smallest absolute Gasteiger partial charge is 0.270 e. The molecule has 6 nitrogen and oxygen atoms in total. The second-order valence-corrected chi connectivity index (χ2v) is 5.94. The fourth-order valence-electron chi connectivity index (χ4n) is 2.98. The predicted molar refractivity (Wildman–Crippen MR) is 89.0 cm³/mol. The first-order chi connectivity index (χ1) is 11.5. The molecule has 0 aliphatic heterocycles. The Bertz CT molecular complexity index is 802. The lowest BCUT2D eigenvalue weighted by Crippen LogP contribution is -2.23. The van der Waals surface area contributed by atoms with Crippen LogP contribution in [0.5, 0.6) is 5.75 Å². The first-order valence-electron chi connectivity index (χ1n) is 7.91. The molecule has 2 aromatic rings. The SMILES string of the molecule is O=C(NCc1cc([N+](=O)[O-])ccc1O)c1ccc2c(c1)CCCC2. The fraction of sp³-hybridized carbons (Fsp3) is 0.278. The number of phenols is 1. The van der Waals surface area contributed by atoms with Crippen molar-refractivity contribution in [1.82, 2.24) is 5.32 Å². The van der Waals surface area contributed by atoms with Gasteiger partial charge < -0.3 is 10.4 Å². The summed E-state index contributed by atoms with van der Waals surface area (Å²) < 4.78 is 0. The van der Waals surface area contributed by atoms with Crippen molar-refractivity contribution in [3.05, 3.63) is 68.8 Å². The minimum Gasteiger partial charge on any atom is -0.508 e. The van der Waals surface area contributed by atoms with Crippen molar-refractivity contribution in [3.8, 4) is 5.75 Å². The molecule has 0 saturated carbocycles. The van der Waals surface area contributed by atoms with Gasteiger partial charge in [0.1, 0.15) is 5.75 Å². The van der Waals surface area contributed by atoms with Gasteiger partial charge in [0.15, 0.2) is 0 Å². The number of carbonyl (C=O) groups is 1. The zero-order valence-corrected chi connectivity index (χ0v) is 13.1. The minimum atomic E-state index is -0.533. The number of amides is 1. The number of nitrogens with one attached hydrogen (secondary N) is 1. The second-order valence-electron chi connectivity index (χ2n) is 5.94. The molecule has 0 heterocycles. The van der Waals surface area contributed by atoms with Crippen LogP contribution in [0.25, 0.3) is 0 Å². The van der Waals surface area contributed by atoms with Crippen LogP contribution in [0.4, 0.5) is 5.69 Å². The molecule has 0 atom stereocenters. The highest BCUT2D eigenvalue weighted by molar-refractivity contribution is 5.94. The first-order valence-corrected chi connectivity index (χ1v) is 7.91. The van der Waals surface area contributed by atoms with Gasteiger partial charge in [-0.2, -0.15) is 0 Å². The van der Waals surface area contributed by atoms with Gasteiger partial charge in [-0.05, 0) is 55.0 Å². The largest absolute Gasteiger partial charge is 0.508 e. The van der Waals surface area contributed by atoms with Crippen LogP contribution >= 0.6 is 0 Å². The zero-order chi connectivity index (χ0) is 17.1. The number of benzene rings is 2. The summed E-state index contributed by atoms with van der Waals surface area (Å²) in [6.45, 7) is 0.0312. The Labute approximate surface area is 139 Å². The number of nitro benzene ring substituents is 1. The fourth-order valence-corrected chi connectivity index (χ4v) is 2.98. The summed E-state index contributed by atoms with van der Waals surface area (Å²) in [5.41, 5.74) is 3.28. The van der Waals surface area contributed by atoms with Crippen LogP contribution in [0.1, 0.15) is 39.9 Å². The lowest BCUT2D eigenvalue weighted by Gasteiger charge is -2.16. The van der Waals surface area contributed by atoms with E-state index in [0.717, 1.165) is 19.3 Å². The molecule has 24 heavy (non-hydrogen) atoms. The summed E-state index contributed by atoms with van der Waals surface area (Å²) in [4.78, 5) is 22.6. The standard InChI is InChI=1S/C18H18N2O4/c21-17-8-7-16(20(23)24)10-15(17)11-19-18(22)14-6-5-12-3-1-2-4-13(12)9-14/h5-10,21H,1-4,11H2,(H,19,22). The van der Waals surface area contributed by atoms with E-state index in [9.17, 15) is 20.0 Å². The normalized spacial score (nSPS) is 13.2. The van der Waals surface area contributed by atoms with Crippen molar-refractivity contribution in [1.29, 1.82) is 0 Å². The number of fused-ring (bicyclic) bond motifs is 1. The Kier molecular flexibility index (Phi) is 4.46. The van der Waals surface area contributed by atoms with E-state index < -0.39 is 4.92 Å². The highest BCUT2D eigenvalue weighted by Gasteiger charge is 2.14. The second kappa shape index (κ2) is 6.70. The minimum absolute atomic E-state index is 0.0312. The molecule has 0 saturated heterocycles. The predicted octanol–water partition coefficient (Wildman–Crippen LogP) is 3.11. The van der Waals surface area contributed by atoms with E-state index in [0.29, 0.717) is 11.1 Å². The molecule has 0 fully saturated rings. The van der Waals surface area contributed by atoms with Crippen molar-refractivity contribution in [3.63, 3.8) is 0 Å². The number of nitrogens with zero attached hydrogens (tertiary/aromatic N) is 1. The summed E-state index contributed by atoms with van der Waals surface area (Å²) in [7, 11) is 0. The molecule has 0 bridgehead atoms. The monoisotopic (exact) mass is 326 g/mol. The molecule has 1 amide bonds. The van der Waals surface area contributed by atoms with Crippen LogP contribution < -0.4 is 5.32 Å². The van der Waals surface area contributed by atoms with E-state index in [1.54, 1.807) is 6.07 Å². The number of hydrogen-bond donors (Lipinski definition) is 2. The number of phenolic OH excluding ortho intramolecular Hbond substituents is 1. The van der Waals surface area contributed by atoms with Gasteiger partial charge in [0, 0.05) is 29.8 Å². The van der Waals surface area contributed by atoms with Crippen LogP contribution in [0.3, 0.4) is 0 Å². The third-order valence-corrected chi connectivity index (χ3v) is 4.32. The summed E-state index contributed by atoms with van der Waals surface area (Å²) in [6, 6.07) is 9.46. The van der Waals surface area contributed by atoms with Crippen LogP contribution in [0.15, 0.2) is 36.4 Å². The number of carbonyl (C=O) groups excluding carboxylic acids is 1. The quantitative estimate of drug-likeness (QED) is 0.667. The lowest BCUT2D eigenvalue weighted by molar-refractivity contribution is -0.384. The summed E-state index contributed by atoms with van der Waals surface area (Å²) in [5.74, 6) is -0.333. The summed E-state index contributed by atoms with van der Waals surface area (Å²) in [5, 5.41) is 23.3. The van der Waals surface area contributed by atoms with E-state index in [1.165, 1.54) is 35.7 Å². The Balaban J connectivity index is 1.72. The Hall–Kier alpha value is -2.89. The molecule has 2 N–H and O–H groups in total. The van der Waals surface area contributed by atoms with Gasteiger partial charge in [-0.15, -0.1) is 0 Å². The van der Waals surface area contributed by atoms with E-state index in [-0.39, 0.29) is 23.9 Å². The Morgan fingerprint density at radius 2 is 1.88 bits per heavy atom. The number of aromatic hydroxyl groups is 1. The average molecular weight is 326 g/mol. The molecule has 0 spiro atoms. The molecule has 2 aromatic carbocycles. The lowest BCUT2D eigenvalue weighted by atomic mass is 9.90. The van der Waals surface area contributed by atoms with Crippen LogP contribution in [0, 0.1) is 10.1 Å². The van der Waals surface area contributed by atoms with Gasteiger partial charge in [-0.25, -0.2) is 0 Å². The Morgan fingerprint density at radius 3 is 2.62 bits per heavy atom. The molecule has 0 radical (unpaired) electrons. The highest BCUT2D eigenvalue weighted by Crippen LogP contribution is 2.24. The van der Waals surface area contributed by atoms with Crippen LogP contribution in [-0.2, 0) is 19.4 Å². The van der Waals surface area contributed by atoms with Crippen molar-refractivity contribution < 1.29 is 14.8 Å². The highest BCUT2D eigenvalue weighted by atomic mass is 16.6. The number of nitro groups is 1. The van der Waals surface area contributed by atoms with E-state index in [2.05, 4.69) is 5.32 Å². The first kappa shape index (κ1) is 16.0. The van der Waals surface area contributed by atoms with Gasteiger partial charge in [0.25, 0.3) is 11.6 Å². The maximum absolute atomic E-state index is 12.3. The molecule has 1 aliphatic rings. The number of rotatable bonds is 4. The topological polar surface area (TPSA) is 92.5 Å². The molecule has 0 unspecified atom stereocenters. The molecular formula is C18H18N2O4. The molecule has 3 rings (SSSR count). The zero-order valence-electron chi connectivity index (χ0n) is 13.1. The van der Waals surface area contributed by atoms with Gasteiger partial charge >= 0.3 is 0 Å². The molecular weight excluding hydrogens is 308 g/mol. The summed E-state index contributed by atoms with van der Waals surface area (Å²) >= 11 is 0. The molecule has 6 heteroatoms. The number of hydrogen-bond acceptors (Lipinski definition) is 4. The maximum atomic E-state index is 12.3. The van der Waals surface area contributed by atoms with Crippen molar-refractivity contribution in [2.45, 2.75) is 32.2 Å². The third-order valence-electron chi connectivity index (χ3n) is 4.32. The Morgan fingerprint density at radius 1 is 1.12 bits per heavy atom. The number of non-ortho nitro benzene ring substituents is 1. The van der Waals surface area contributed by atoms with Gasteiger partial charge in [0.2, 0.25) is 0 Å². The van der Waals surface area contributed by atoms with Crippen molar-refractivity contribution in [2.75, 3.05) is 0 Å². The maximum Gasteiger partial charge on any atom is 0.270 e. The molecule has 1 aliphatic carbocycles.